The van der Waals surface area contributed by atoms with E-state index in [9.17, 15) is 34.2 Å². The number of rotatable bonds is 4. The van der Waals surface area contributed by atoms with Crippen molar-refractivity contribution in [2.24, 2.45) is 0 Å². The molecule has 0 unspecified atom stereocenters. The van der Waals surface area contributed by atoms with E-state index in [1.165, 1.54) is 6.92 Å². The van der Waals surface area contributed by atoms with Crippen molar-refractivity contribution in [3.05, 3.63) is 35.9 Å². The summed E-state index contributed by atoms with van der Waals surface area (Å²) in [5.74, 6) is -3.75. The van der Waals surface area contributed by atoms with Crippen molar-refractivity contribution in [1.29, 1.82) is 0 Å². The van der Waals surface area contributed by atoms with E-state index < -0.39 is 83.2 Å². The maximum absolute atomic E-state index is 13.5. The van der Waals surface area contributed by atoms with Crippen molar-refractivity contribution >= 4 is 52.7 Å². The highest BCUT2D eigenvalue weighted by atomic mass is 35.5. The smallest absolute Gasteiger partial charge is 0.248 e. The van der Waals surface area contributed by atoms with Crippen molar-refractivity contribution in [3.8, 4) is 0 Å². The number of aliphatic hydroxyl groups is 2. The van der Waals surface area contributed by atoms with Gasteiger partial charge in [-0.1, -0.05) is 37.3 Å². The lowest BCUT2D eigenvalue weighted by molar-refractivity contribution is -0.144. The van der Waals surface area contributed by atoms with Gasteiger partial charge in [0.05, 0.1) is 35.9 Å². The molecule has 3 rings (SSSR count). The van der Waals surface area contributed by atoms with E-state index in [1.54, 1.807) is 37.3 Å². The molecule has 5 amide bonds. The molecular weight excluding hydrogens is 553 g/mol. The fraction of sp³-hybridized carbons (Fsp3) is 0.560. The van der Waals surface area contributed by atoms with Crippen molar-refractivity contribution in [2.45, 2.75) is 73.8 Å². The normalized spacial score (nSPS) is 32.0. The van der Waals surface area contributed by atoms with Crippen LogP contribution in [-0.2, 0) is 24.0 Å². The topological polar surface area (TPSA) is 177 Å². The van der Waals surface area contributed by atoms with E-state index in [2.05, 4.69) is 21.3 Å². The van der Waals surface area contributed by atoms with Crippen molar-refractivity contribution in [1.82, 2.24) is 26.2 Å². The van der Waals surface area contributed by atoms with Gasteiger partial charge in [-0.05, 0) is 18.9 Å². The van der Waals surface area contributed by atoms with Crippen LogP contribution in [0, 0.1) is 0 Å². The Morgan fingerprint density at radius 2 is 1.56 bits per heavy atom. The Kier molecular flexibility index (Phi) is 10.5. The number of nitrogens with zero attached hydrogens (tertiary/aromatic N) is 1. The molecule has 1 aromatic carbocycles. The summed E-state index contributed by atoms with van der Waals surface area (Å²) in [6.07, 6.45) is -1.57. The fourth-order valence-electron chi connectivity index (χ4n) is 4.56. The molecule has 214 valence electrons. The third-order valence-corrected chi connectivity index (χ3v) is 7.82. The molecule has 6 N–H and O–H groups in total. The Morgan fingerprint density at radius 3 is 2.15 bits per heavy atom. The van der Waals surface area contributed by atoms with Crippen LogP contribution >= 0.6 is 23.2 Å². The van der Waals surface area contributed by atoms with Gasteiger partial charge in [-0.3, -0.25) is 24.0 Å². The molecule has 0 spiro atoms. The Labute approximate surface area is 235 Å². The molecule has 2 fully saturated rings. The zero-order chi connectivity index (χ0) is 28.9. The van der Waals surface area contributed by atoms with Crippen molar-refractivity contribution in [2.75, 3.05) is 13.2 Å². The molecule has 1 aromatic rings. The van der Waals surface area contributed by atoms with Crippen molar-refractivity contribution < 1.29 is 34.2 Å². The first kappa shape index (κ1) is 30.6. The summed E-state index contributed by atoms with van der Waals surface area (Å²) in [5, 5.41) is 28.5. The molecule has 2 heterocycles. The minimum Gasteiger partial charge on any atom is -0.394 e. The minimum absolute atomic E-state index is 0.119. The molecule has 2 saturated heterocycles. The molecule has 0 saturated carbocycles. The van der Waals surface area contributed by atoms with Crippen LogP contribution < -0.4 is 21.3 Å². The summed E-state index contributed by atoms with van der Waals surface area (Å²) in [6.45, 7) is 2.05. The largest absolute Gasteiger partial charge is 0.394 e. The minimum atomic E-state index is -1.45. The first-order chi connectivity index (χ1) is 18.5. The molecule has 39 heavy (non-hydrogen) atoms. The lowest BCUT2D eigenvalue weighted by Crippen LogP contribution is -2.61. The first-order valence-electron chi connectivity index (χ1n) is 12.6. The SMILES string of the molecule is CC[C@@H]1NC(=O)[C@@H]2[C@H](Cl)[C@H](Cl)CN2C(=O)[C@H]([C@H](C)O)NC(=O)C[C@H](c2ccccc2)NC(=O)[C@@H](CO)NC1=O. The number of benzene rings is 1. The summed E-state index contributed by atoms with van der Waals surface area (Å²) in [5.41, 5.74) is 0.554. The molecule has 14 heteroatoms. The van der Waals surface area contributed by atoms with Gasteiger partial charge in [0, 0.05) is 6.54 Å². The summed E-state index contributed by atoms with van der Waals surface area (Å²) in [7, 11) is 0. The van der Waals surface area contributed by atoms with Gasteiger partial charge >= 0.3 is 0 Å². The third-order valence-electron chi connectivity index (χ3n) is 6.74. The Bertz CT molecular complexity index is 1080. The predicted molar refractivity (Wildman–Crippen MR) is 142 cm³/mol. The highest BCUT2D eigenvalue weighted by molar-refractivity contribution is 6.32. The number of fused-ring (bicyclic) bond motifs is 1. The lowest BCUT2D eigenvalue weighted by Gasteiger charge is -2.32. The van der Waals surface area contributed by atoms with Gasteiger partial charge < -0.3 is 36.4 Å². The highest BCUT2D eigenvalue weighted by Gasteiger charge is 2.49. The van der Waals surface area contributed by atoms with Crippen LogP contribution in [0.4, 0.5) is 0 Å². The number of amides is 5. The van der Waals surface area contributed by atoms with Gasteiger partial charge in [-0.15, -0.1) is 23.2 Å². The molecule has 2 aliphatic rings. The maximum atomic E-state index is 13.5. The third kappa shape index (κ3) is 7.18. The number of hydrogen-bond donors (Lipinski definition) is 6. The van der Waals surface area contributed by atoms with Gasteiger partial charge in [0.15, 0.2) is 0 Å². The quantitative estimate of drug-likeness (QED) is 0.243. The van der Waals surface area contributed by atoms with Crippen LogP contribution in [0.15, 0.2) is 30.3 Å². The number of alkyl halides is 2. The number of carbonyl (C=O) groups excluding carboxylic acids is 5. The molecule has 0 aromatic heterocycles. The van der Waals surface area contributed by atoms with Gasteiger partial charge in [0.25, 0.3) is 0 Å². The predicted octanol–water partition coefficient (Wildman–Crippen LogP) is -1.09. The summed E-state index contributed by atoms with van der Waals surface area (Å²) in [4.78, 5) is 67.0. The standard InChI is InChI=1S/C25H33Cl2N5O7/c1-3-15-22(36)30-17(11-33)23(37)29-16(13-7-5-4-6-8-13)9-18(35)31-20(12(2)34)25(39)32-10-14(26)19(27)21(32)24(38)28-15/h4-8,12,14-17,19-21,33-34H,3,9-11H2,1-2H3,(H,28,38)(H,29,37)(H,30,36)(H,31,35)/t12-,14+,15-,16+,17+,19+,20-,21-/m0/s1. The van der Waals surface area contributed by atoms with Gasteiger partial charge in [-0.25, -0.2) is 0 Å². The zero-order valence-corrected chi connectivity index (χ0v) is 23.0. The van der Waals surface area contributed by atoms with Crippen LogP contribution in [0.5, 0.6) is 0 Å². The number of carbonyl (C=O) groups is 5. The molecule has 0 aliphatic carbocycles. The Hall–Kier alpha value is -2.93. The van der Waals surface area contributed by atoms with Gasteiger partial charge in [0.2, 0.25) is 29.5 Å². The van der Waals surface area contributed by atoms with Gasteiger partial charge in [0.1, 0.15) is 24.2 Å². The van der Waals surface area contributed by atoms with Crippen LogP contribution in [0.2, 0.25) is 0 Å². The second-order valence-corrected chi connectivity index (χ2v) is 10.6. The van der Waals surface area contributed by atoms with Crippen LogP contribution in [0.25, 0.3) is 0 Å². The van der Waals surface area contributed by atoms with E-state index >= 15 is 0 Å². The number of aliphatic hydroxyl groups excluding tert-OH is 2. The Balaban J connectivity index is 2.03. The van der Waals surface area contributed by atoms with Crippen LogP contribution in [0.1, 0.15) is 38.3 Å². The highest BCUT2D eigenvalue weighted by Crippen LogP contribution is 2.29. The number of hydrogen-bond acceptors (Lipinski definition) is 7. The Morgan fingerprint density at radius 1 is 0.949 bits per heavy atom. The maximum Gasteiger partial charge on any atom is 0.248 e. The first-order valence-corrected chi connectivity index (χ1v) is 13.5. The molecule has 12 nitrogen and oxygen atoms in total. The van der Waals surface area contributed by atoms with E-state index in [-0.39, 0.29) is 19.4 Å². The van der Waals surface area contributed by atoms with Gasteiger partial charge in [-0.2, -0.15) is 0 Å². The average molecular weight is 586 g/mol. The van der Waals surface area contributed by atoms with Crippen LogP contribution in [-0.4, -0.2) is 98.8 Å². The van der Waals surface area contributed by atoms with Crippen LogP contribution in [0.3, 0.4) is 0 Å². The van der Waals surface area contributed by atoms with E-state index in [4.69, 9.17) is 23.2 Å². The molecule has 0 bridgehead atoms. The second-order valence-electron chi connectivity index (χ2n) is 9.57. The summed E-state index contributed by atoms with van der Waals surface area (Å²) >= 11 is 12.7. The monoisotopic (exact) mass is 585 g/mol. The van der Waals surface area contributed by atoms with Crippen molar-refractivity contribution in [3.63, 3.8) is 0 Å². The van der Waals surface area contributed by atoms with E-state index in [1.807, 2.05) is 0 Å². The summed E-state index contributed by atoms with van der Waals surface area (Å²) < 4.78 is 0. The lowest BCUT2D eigenvalue weighted by atomic mass is 10.0. The fourth-order valence-corrected chi connectivity index (χ4v) is 5.17. The number of nitrogens with one attached hydrogen (secondary N) is 4. The molecular formula is C25H33Cl2N5O7. The van der Waals surface area contributed by atoms with E-state index in [0.29, 0.717) is 5.56 Å². The summed E-state index contributed by atoms with van der Waals surface area (Å²) in [6, 6.07) is 2.37. The molecule has 0 radical (unpaired) electrons. The number of halogens is 2. The average Bonchev–Trinajstić information content (AvgIpc) is 3.21. The molecule has 8 atom stereocenters. The van der Waals surface area contributed by atoms with E-state index in [0.717, 1.165) is 4.90 Å². The zero-order valence-electron chi connectivity index (χ0n) is 21.5. The second kappa shape index (κ2) is 13.4. The molecule has 2 aliphatic heterocycles.